The molecule has 24 heavy (non-hydrogen) atoms. The van der Waals surface area contributed by atoms with E-state index >= 15 is 0 Å². The summed E-state index contributed by atoms with van der Waals surface area (Å²) in [7, 11) is 3.61. The third-order valence-electron chi connectivity index (χ3n) is 4.31. The smallest absolute Gasteiger partial charge is 0.214 e. The first-order valence-electron chi connectivity index (χ1n) is 7.89. The fraction of sp³-hybridized carbons (Fsp3) is 0.375. The molecule has 0 saturated carbocycles. The predicted molar refractivity (Wildman–Crippen MR) is 91.5 cm³/mol. The molecular weight excluding hydrogens is 306 g/mol. The van der Waals surface area contributed by atoms with E-state index in [1.54, 1.807) is 19.8 Å². The number of rotatable bonds is 3. The monoisotopic (exact) mass is 325 g/mol. The molecule has 8 nitrogen and oxygen atoms in total. The van der Waals surface area contributed by atoms with Gasteiger partial charge in [0.05, 0.1) is 13.4 Å². The van der Waals surface area contributed by atoms with Crippen molar-refractivity contribution < 1.29 is 4.74 Å². The van der Waals surface area contributed by atoms with E-state index in [9.17, 15) is 0 Å². The summed E-state index contributed by atoms with van der Waals surface area (Å²) >= 11 is 0. The number of nitrogens with zero attached hydrogens (tertiary/aromatic N) is 7. The van der Waals surface area contributed by atoms with Crippen LogP contribution in [0.1, 0.15) is 0 Å². The second kappa shape index (κ2) is 5.95. The molecule has 0 aromatic carbocycles. The fourth-order valence-electron chi connectivity index (χ4n) is 3.04. The Kier molecular flexibility index (Phi) is 3.64. The predicted octanol–water partition coefficient (Wildman–Crippen LogP) is 1.09. The quantitative estimate of drug-likeness (QED) is 0.714. The van der Waals surface area contributed by atoms with Gasteiger partial charge >= 0.3 is 0 Å². The maximum atomic E-state index is 5.21. The van der Waals surface area contributed by atoms with E-state index in [1.165, 1.54) is 0 Å². The van der Waals surface area contributed by atoms with Crippen molar-refractivity contribution in [2.75, 3.05) is 43.1 Å². The normalized spacial score (nSPS) is 15.1. The van der Waals surface area contributed by atoms with Gasteiger partial charge in [0.1, 0.15) is 17.7 Å². The molecule has 3 aromatic rings. The third-order valence-corrected chi connectivity index (χ3v) is 4.31. The Bertz CT molecular complexity index is 855. The Labute approximate surface area is 139 Å². The van der Waals surface area contributed by atoms with Crippen molar-refractivity contribution in [3.63, 3.8) is 0 Å². The minimum absolute atomic E-state index is 0.641. The highest BCUT2D eigenvalue weighted by Gasteiger charge is 2.22. The van der Waals surface area contributed by atoms with Gasteiger partial charge in [-0.05, 0) is 6.07 Å². The molecular formula is C16H19N7O. The van der Waals surface area contributed by atoms with E-state index in [2.05, 4.69) is 29.7 Å². The zero-order chi connectivity index (χ0) is 16.5. The molecule has 0 bridgehead atoms. The Morgan fingerprint density at radius 1 is 1.00 bits per heavy atom. The standard InChI is InChI=1S/C16H19N7O/c1-21-11-19-15-14(21)16(18-10-17-15)23-8-6-22(7-9-23)12-4-3-5-13(20-12)24-2/h3-5,10-11H,6-9H2,1-2H3. The molecule has 124 valence electrons. The molecule has 4 rings (SSSR count). The van der Waals surface area contributed by atoms with E-state index < -0.39 is 0 Å². The van der Waals surface area contributed by atoms with Crippen molar-refractivity contribution in [3.8, 4) is 5.88 Å². The van der Waals surface area contributed by atoms with E-state index in [0.29, 0.717) is 5.88 Å². The first-order valence-corrected chi connectivity index (χ1v) is 7.89. The molecule has 0 radical (unpaired) electrons. The van der Waals surface area contributed by atoms with Crippen LogP contribution in [0.4, 0.5) is 11.6 Å². The molecule has 0 unspecified atom stereocenters. The zero-order valence-corrected chi connectivity index (χ0v) is 13.8. The minimum Gasteiger partial charge on any atom is -0.481 e. The topological polar surface area (TPSA) is 72.2 Å². The van der Waals surface area contributed by atoms with Crippen LogP contribution < -0.4 is 14.5 Å². The number of methoxy groups -OCH3 is 1. The zero-order valence-electron chi connectivity index (χ0n) is 13.8. The Morgan fingerprint density at radius 2 is 1.79 bits per heavy atom. The molecule has 1 aliphatic rings. The minimum atomic E-state index is 0.641. The molecule has 1 aliphatic heterocycles. The highest BCUT2D eigenvalue weighted by molar-refractivity contribution is 5.83. The van der Waals surface area contributed by atoms with Gasteiger partial charge in [-0.2, -0.15) is 4.98 Å². The van der Waals surface area contributed by atoms with Crippen molar-refractivity contribution in [1.29, 1.82) is 0 Å². The summed E-state index contributed by atoms with van der Waals surface area (Å²) in [6.45, 7) is 3.50. The first kappa shape index (κ1) is 14.7. The summed E-state index contributed by atoms with van der Waals surface area (Å²) in [5.74, 6) is 2.53. The molecule has 1 saturated heterocycles. The summed E-state index contributed by atoms with van der Waals surface area (Å²) in [6.07, 6.45) is 3.36. The number of imidazole rings is 1. The van der Waals surface area contributed by atoms with Crippen LogP contribution in [0.3, 0.4) is 0 Å². The number of aryl methyl sites for hydroxylation is 1. The van der Waals surface area contributed by atoms with Crippen LogP contribution in [-0.2, 0) is 7.05 Å². The van der Waals surface area contributed by atoms with Crippen molar-refractivity contribution in [2.45, 2.75) is 0 Å². The molecule has 0 aliphatic carbocycles. The fourth-order valence-corrected chi connectivity index (χ4v) is 3.04. The van der Waals surface area contributed by atoms with Gasteiger partial charge in [-0.25, -0.2) is 15.0 Å². The number of aromatic nitrogens is 5. The summed E-state index contributed by atoms with van der Waals surface area (Å²) in [4.78, 5) is 22.1. The molecule has 0 atom stereocenters. The molecule has 4 heterocycles. The van der Waals surface area contributed by atoms with Crippen molar-refractivity contribution in [1.82, 2.24) is 24.5 Å². The average molecular weight is 325 g/mol. The molecule has 8 heteroatoms. The SMILES string of the molecule is COc1cccc(N2CCN(c3ncnc4ncn(C)c34)CC2)n1. The van der Waals surface area contributed by atoms with Gasteiger partial charge < -0.3 is 19.1 Å². The molecule has 0 spiro atoms. The highest BCUT2D eigenvalue weighted by Crippen LogP contribution is 2.24. The van der Waals surface area contributed by atoms with E-state index in [0.717, 1.165) is 49.0 Å². The van der Waals surface area contributed by atoms with Crippen LogP contribution in [-0.4, -0.2) is 57.8 Å². The van der Waals surface area contributed by atoms with Crippen LogP contribution in [0.5, 0.6) is 5.88 Å². The van der Waals surface area contributed by atoms with Crippen LogP contribution in [0, 0.1) is 0 Å². The van der Waals surface area contributed by atoms with Crippen molar-refractivity contribution in [2.24, 2.45) is 7.05 Å². The molecule has 1 fully saturated rings. The molecule has 0 amide bonds. The summed E-state index contributed by atoms with van der Waals surface area (Å²) in [6, 6.07) is 5.85. The van der Waals surface area contributed by atoms with Crippen LogP contribution in [0.25, 0.3) is 11.2 Å². The van der Waals surface area contributed by atoms with Gasteiger partial charge in [0.2, 0.25) is 5.88 Å². The largest absolute Gasteiger partial charge is 0.481 e. The van der Waals surface area contributed by atoms with Crippen LogP contribution in [0.2, 0.25) is 0 Å². The maximum Gasteiger partial charge on any atom is 0.214 e. The lowest BCUT2D eigenvalue weighted by Crippen LogP contribution is -2.47. The van der Waals surface area contributed by atoms with E-state index in [1.807, 2.05) is 29.8 Å². The Morgan fingerprint density at radius 3 is 2.58 bits per heavy atom. The van der Waals surface area contributed by atoms with Gasteiger partial charge in [0.15, 0.2) is 11.5 Å². The van der Waals surface area contributed by atoms with Gasteiger partial charge in [-0.15, -0.1) is 0 Å². The van der Waals surface area contributed by atoms with Gasteiger partial charge in [-0.1, -0.05) is 6.07 Å². The lowest BCUT2D eigenvalue weighted by Gasteiger charge is -2.36. The summed E-state index contributed by atoms with van der Waals surface area (Å²) in [5.41, 5.74) is 1.71. The lowest BCUT2D eigenvalue weighted by molar-refractivity contribution is 0.397. The lowest BCUT2D eigenvalue weighted by atomic mass is 10.3. The van der Waals surface area contributed by atoms with Gasteiger partial charge in [-0.3, -0.25) is 0 Å². The van der Waals surface area contributed by atoms with Crippen molar-refractivity contribution >= 4 is 22.8 Å². The third kappa shape index (κ3) is 2.49. The summed E-state index contributed by atoms with van der Waals surface area (Å²) in [5, 5.41) is 0. The van der Waals surface area contributed by atoms with Crippen molar-refractivity contribution in [3.05, 3.63) is 30.9 Å². The second-order valence-electron chi connectivity index (χ2n) is 5.74. The number of hydrogen-bond donors (Lipinski definition) is 0. The second-order valence-corrected chi connectivity index (χ2v) is 5.74. The molecule has 3 aromatic heterocycles. The van der Waals surface area contributed by atoms with E-state index in [4.69, 9.17) is 4.74 Å². The van der Waals surface area contributed by atoms with E-state index in [-0.39, 0.29) is 0 Å². The van der Waals surface area contributed by atoms with Gasteiger partial charge in [0, 0.05) is 39.3 Å². The van der Waals surface area contributed by atoms with Crippen LogP contribution in [0.15, 0.2) is 30.9 Å². The number of piperazine rings is 1. The number of ether oxygens (including phenoxy) is 1. The number of hydrogen-bond acceptors (Lipinski definition) is 7. The molecule has 0 N–H and O–H groups in total. The van der Waals surface area contributed by atoms with Crippen LogP contribution >= 0.6 is 0 Å². The number of fused-ring (bicyclic) bond motifs is 1. The Balaban J connectivity index is 1.54. The maximum absolute atomic E-state index is 5.21. The number of anilines is 2. The number of pyridine rings is 1. The van der Waals surface area contributed by atoms with Gasteiger partial charge in [0.25, 0.3) is 0 Å². The Hall–Kier alpha value is -2.90. The average Bonchev–Trinajstić information content (AvgIpc) is 3.03. The summed E-state index contributed by atoms with van der Waals surface area (Å²) < 4.78 is 7.19. The highest BCUT2D eigenvalue weighted by atomic mass is 16.5. The first-order chi connectivity index (χ1) is 11.8.